The minimum Gasteiger partial charge on any atom is -0.383 e. The average Bonchev–Trinajstić information content (AvgIpc) is 2.97. The summed E-state index contributed by atoms with van der Waals surface area (Å²) in [6, 6.07) is 0.342. The minimum atomic E-state index is 0.162. The van der Waals surface area contributed by atoms with E-state index in [4.69, 9.17) is 4.74 Å². The number of amides is 2. The van der Waals surface area contributed by atoms with Crippen LogP contribution in [0.3, 0.4) is 0 Å². The fourth-order valence-corrected chi connectivity index (χ4v) is 4.28. The Hall–Kier alpha value is -1.10. The standard InChI is InChI=1S/C18H32N2O3/c1-4-5-6-7-17(21)19-12-15-13(2)10-16-14(15)11-18(22)20(16)8-9-23-3/h13-16H,4-12H2,1-3H3,(H,19,21)/t13-,14-,15+,16+/m0/s1. The van der Waals surface area contributed by atoms with Crippen LogP contribution in [0.5, 0.6) is 0 Å². The van der Waals surface area contributed by atoms with Crippen molar-refractivity contribution >= 4 is 11.8 Å². The number of nitrogens with zero attached hydrogens (tertiary/aromatic N) is 1. The molecule has 4 atom stereocenters. The van der Waals surface area contributed by atoms with Crippen LogP contribution in [0.2, 0.25) is 0 Å². The fraction of sp³-hybridized carbons (Fsp3) is 0.889. The van der Waals surface area contributed by atoms with Gasteiger partial charge in [0.05, 0.1) is 6.61 Å². The van der Waals surface area contributed by atoms with Crippen molar-refractivity contribution in [2.24, 2.45) is 17.8 Å². The third-order valence-corrected chi connectivity index (χ3v) is 5.60. The Labute approximate surface area is 140 Å². The molecule has 1 heterocycles. The van der Waals surface area contributed by atoms with Gasteiger partial charge in [0.15, 0.2) is 0 Å². The molecule has 0 radical (unpaired) electrons. The highest BCUT2D eigenvalue weighted by molar-refractivity contribution is 5.79. The van der Waals surface area contributed by atoms with E-state index in [9.17, 15) is 9.59 Å². The smallest absolute Gasteiger partial charge is 0.223 e. The first-order valence-electron chi connectivity index (χ1n) is 9.13. The van der Waals surface area contributed by atoms with Gasteiger partial charge >= 0.3 is 0 Å². The van der Waals surface area contributed by atoms with Gasteiger partial charge in [-0.2, -0.15) is 0 Å². The number of carbonyl (C=O) groups is 2. The van der Waals surface area contributed by atoms with Gasteiger partial charge in [-0.05, 0) is 30.6 Å². The molecule has 1 N–H and O–H groups in total. The van der Waals surface area contributed by atoms with E-state index < -0.39 is 0 Å². The number of methoxy groups -OCH3 is 1. The van der Waals surface area contributed by atoms with Crippen LogP contribution in [0.1, 0.15) is 52.4 Å². The summed E-state index contributed by atoms with van der Waals surface area (Å²) in [6.07, 6.45) is 5.53. The maximum atomic E-state index is 12.2. The molecule has 2 fully saturated rings. The highest BCUT2D eigenvalue weighted by atomic mass is 16.5. The van der Waals surface area contributed by atoms with Gasteiger partial charge in [0.2, 0.25) is 11.8 Å². The van der Waals surface area contributed by atoms with Crippen LogP contribution >= 0.6 is 0 Å². The zero-order valence-corrected chi connectivity index (χ0v) is 14.8. The summed E-state index contributed by atoms with van der Waals surface area (Å²) in [6.45, 7) is 6.41. The van der Waals surface area contributed by atoms with Crippen molar-refractivity contribution in [1.29, 1.82) is 0 Å². The molecule has 132 valence electrons. The Morgan fingerprint density at radius 3 is 2.87 bits per heavy atom. The minimum absolute atomic E-state index is 0.162. The van der Waals surface area contributed by atoms with E-state index >= 15 is 0 Å². The maximum Gasteiger partial charge on any atom is 0.223 e. The Balaban J connectivity index is 1.84. The predicted molar refractivity (Wildman–Crippen MR) is 89.9 cm³/mol. The lowest BCUT2D eigenvalue weighted by Crippen LogP contribution is -2.36. The third-order valence-electron chi connectivity index (χ3n) is 5.60. The number of nitrogens with one attached hydrogen (secondary N) is 1. The Bertz CT molecular complexity index is 413. The van der Waals surface area contributed by atoms with Crippen LogP contribution in [-0.2, 0) is 14.3 Å². The topological polar surface area (TPSA) is 58.6 Å². The van der Waals surface area contributed by atoms with Gasteiger partial charge < -0.3 is 15.0 Å². The van der Waals surface area contributed by atoms with Crippen LogP contribution in [0.4, 0.5) is 0 Å². The lowest BCUT2D eigenvalue weighted by Gasteiger charge is -2.24. The van der Waals surface area contributed by atoms with Crippen LogP contribution in [0, 0.1) is 17.8 Å². The molecule has 0 unspecified atom stereocenters. The quantitative estimate of drug-likeness (QED) is 0.662. The molecule has 0 spiro atoms. The monoisotopic (exact) mass is 324 g/mol. The first-order valence-corrected chi connectivity index (χ1v) is 9.13. The van der Waals surface area contributed by atoms with E-state index in [1.54, 1.807) is 7.11 Å². The van der Waals surface area contributed by atoms with Crippen molar-refractivity contribution in [2.75, 3.05) is 26.8 Å². The highest BCUT2D eigenvalue weighted by Crippen LogP contribution is 2.45. The van der Waals surface area contributed by atoms with Crippen LogP contribution in [0.15, 0.2) is 0 Å². The summed E-state index contributed by atoms with van der Waals surface area (Å²) in [5.41, 5.74) is 0. The first-order chi connectivity index (χ1) is 11.1. The van der Waals surface area contributed by atoms with Crippen LogP contribution in [-0.4, -0.2) is 49.6 Å². The predicted octanol–water partition coefficient (Wildman–Crippen LogP) is 2.20. The SMILES string of the molecule is CCCCCC(=O)NC[C@H]1[C@@H]2CC(=O)N(CCOC)[C@@H]2C[C@@H]1C. The summed E-state index contributed by atoms with van der Waals surface area (Å²) in [5, 5.41) is 3.11. The van der Waals surface area contributed by atoms with Gasteiger partial charge in [-0.15, -0.1) is 0 Å². The number of fused-ring (bicyclic) bond motifs is 1. The van der Waals surface area contributed by atoms with E-state index in [0.29, 0.717) is 49.8 Å². The molecule has 0 aromatic carbocycles. The maximum absolute atomic E-state index is 12.2. The molecule has 0 aromatic rings. The van der Waals surface area contributed by atoms with Crippen LogP contribution < -0.4 is 5.32 Å². The van der Waals surface area contributed by atoms with E-state index in [0.717, 1.165) is 32.2 Å². The first kappa shape index (κ1) is 18.2. The van der Waals surface area contributed by atoms with Gasteiger partial charge in [0, 0.05) is 39.1 Å². The number of hydrogen-bond donors (Lipinski definition) is 1. The number of hydrogen-bond acceptors (Lipinski definition) is 3. The molecule has 5 heteroatoms. The summed E-state index contributed by atoms with van der Waals surface area (Å²) < 4.78 is 5.13. The molecule has 1 saturated heterocycles. The van der Waals surface area contributed by atoms with Crippen molar-refractivity contribution in [3.05, 3.63) is 0 Å². The third kappa shape index (κ3) is 4.46. The van der Waals surface area contributed by atoms with Gasteiger partial charge in [-0.25, -0.2) is 0 Å². The molecular formula is C18H32N2O3. The van der Waals surface area contributed by atoms with E-state index in [1.165, 1.54) is 0 Å². The molecule has 5 nitrogen and oxygen atoms in total. The zero-order valence-electron chi connectivity index (χ0n) is 14.8. The lowest BCUT2D eigenvalue weighted by atomic mass is 9.88. The number of unbranched alkanes of at least 4 members (excludes halogenated alkanes) is 2. The molecule has 2 rings (SSSR count). The van der Waals surface area contributed by atoms with Crippen molar-refractivity contribution < 1.29 is 14.3 Å². The number of likely N-dealkylation sites (tertiary alicyclic amines) is 1. The van der Waals surface area contributed by atoms with Gasteiger partial charge in [-0.3, -0.25) is 9.59 Å². The van der Waals surface area contributed by atoms with Gasteiger partial charge in [0.1, 0.15) is 0 Å². The van der Waals surface area contributed by atoms with E-state index in [2.05, 4.69) is 19.2 Å². The molecule has 23 heavy (non-hydrogen) atoms. The molecule has 0 bridgehead atoms. The summed E-state index contributed by atoms with van der Waals surface area (Å²) in [7, 11) is 1.67. The highest BCUT2D eigenvalue weighted by Gasteiger charge is 2.50. The Kier molecular flexibility index (Phi) is 6.88. The van der Waals surface area contributed by atoms with Crippen molar-refractivity contribution in [2.45, 2.75) is 58.4 Å². The van der Waals surface area contributed by atoms with E-state index in [1.807, 2.05) is 4.90 Å². The molecule has 2 amide bonds. The normalized spacial score (nSPS) is 29.9. The lowest BCUT2D eigenvalue weighted by molar-refractivity contribution is -0.129. The zero-order chi connectivity index (χ0) is 16.8. The molecule has 0 aromatic heterocycles. The van der Waals surface area contributed by atoms with E-state index in [-0.39, 0.29) is 11.8 Å². The molecule has 2 aliphatic rings. The Morgan fingerprint density at radius 1 is 1.39 bits per heavy atom. The summed E-state index contributed by atoms with van der Waals surface area (Å²) >= 11 is 0. The second-order valence-corrected chi connectivity index (χ2v) is 7.15. The molecule has 1 saturated carbocycles. The van der Waals surface area contributed by atoms with Crippen LogP contribution in [0.25, 0.3) is 0 Å². The second-order valence-electron chi connectivity index (χ2n) is 7.15. The van der Waals surface area contributed by atoms with Gasteiger partial charge in [0.25, 0.3) is 0 Å². The second kappa shape index (κ2) is 8.67. The number of ether oxygens (including phenoxy) is 1. The number of rotatable bonds is 9. The molecule has 1 aliphatic heterocycles. The van der Waals surface area contributed by atoms with Crippen molar-refractivity contribution in [3.8, 4) is 0 Å². The molecule has 1 aliphatic carbocycles. The largest absolute Gasteiger partial charge is 0.383 e. The molecular weight excluding hydrogens is 292 g/mol. The number of carbonyl (C=O) groups excluding carboxylic acids is 2. The van der Waals surface area contributed by atoms with Crippen molar-refractivity contribution in [3.63, 3.8) is 0 Å². The average molecular weight is 324 g/mol. The summed E-state index contributed by atoms with van der Waals surface area (Å²) in [5.74, 6) is 1.79. The summed E-state index contributed by atoms with van der Waals surface area (Å²) in [4.78, 5) is 26.2. The fourth-order valence-electron chi connectivity index (χ4n) is 4.28. The van der Waals surface area contributed by atoms with Crippen molar-refractivity contribution in [1.82, 2.24) is 10.2 Å². The Morgan fingerprint density at radius 2 is 2.17 bits per heavy atom. The van der Waals surface area contributed by atoms with Gasteiger partial charge in [-0.1, -0.05) is 26.7 Å².